The van der Waals surface area contributed by atoms with E-state index in [9.17, 15) is 9.90 Å². The van der Waals surface area contributed by atoms with Crippen LogP contribution in [0.25, 0.3) is 22.2 Å². The van der Waals surface area contributed by atoms with Crippen molar-refractivity contribution in [3.05, 3.63) is 88.7 Å². The second kappa shape index (κ2) is 6.89. The van der Waals surface area contributed by atoms with Gasteiger partial charge in [-0.2, -0.15) is 0 Å². The average Bonchev–Trinajstić information content (AvgIpc) is 2.98. The molecule has 4 nitrogen and oxygen atoms in total. The van der Waals surface area contributed by atoms with Crippen molar-refractivity contribution in [2.24, 2.45) is 0 Å². The lowest BCUT2D eigenvalue weighted by atomic mass is 10.0. The molecule has 27 heavy (non-hydrogen) atoms. The molecule has 4 aromatic rings. The molecule has 0 aliphatic heterocycles. The van der Waals surface area contributed by atoms with Crippen LogP contribution in [0.2, 0.25) is 5.02 Å². The van der Waals surface area contributed by atoms with Crippen molar-refractivity contribution >= 4 is 28.6 Å². The van der Waals surface area contributed by atoms with Gasteiger partial charge in [-0.3, -0.25) is 0 Å². The number of benzene rings is 3. The normalized spacial score (nSPS) is 11.0. The monoisotopic (exact) mass is 376 g/mol. The average molecular weight is 377 g/mol. The number of rotatable bonds is 4. The second-order valence-corrected chi connectivity index (χ2v) is 6.83. The Balaban J connectivity index is 1.73. The summed E-state index contributed by atoms with van der Waals surface area (Å²) in [4.78, 5) is 15.8. The number of hydrogen-bond acceptors (Lipinski definition) is 2. The van der Waals surface area contributed by atoms with E-state index in [1.54, 1.807) is 18.2 Å². The van der Waals surface area contributed by atoms with Crippen molar-refractivity contribution in [3.8, 4) is 11.1 Å². The fourth-order valence-electron chi connectivity index (χ4n) is 3.23. The van der Waals surface area contributed by atoms with E-state index < -0.39 is 5.97 Å². The Kier molecular flexibility index (Phi) is 4.42. The zero-order valence-electron chi connectivity index (χ0n) is 14.7. The molecule has 0 radical (unpaired) electrons. The van der Waals surface area contributed by atoms with Crippen LogP contribution >= 0.6 is 11.6 Å². The van der Waals surface area contributed by atoms with Crippen LogP contribution in [0.5, 0.6) is 0 Å². The lowest BCUT2D eigenvalue weighted by Gasteiger charge is -2.11. The molecule has 0 saturated heterocycles. The number of hydrogen-bond donors (Lipinski definition) is 1. The Morgan fingerprint density at radius 3 is 2.52 bits per heavy atom. The molecular weight excluding hydrogens is 360 g/mol. The SMILES string of the molecule is Cc1nc2ccc(C(=O)O)cc2n1Cc1ccc(-c2ccccc2)cc1Cl. The van der Waals surface area contributed by atoms with Gasteiger partial charge in [-0.25, -0.2) is 9.78 Å². The fourth-order valence-corrected chi connectivity index (χ4v) is 3.47. The summed E-state index contributed by atoms with van der Waals surface area (Å²) >= 11 is 6.55. The maximum Gasteiger partial charge on any atom is 0.335 e. The fraction of sp³-hybridized carbons (Fsp3) is 0.0909. The summed E-state index contributed by atoms with van der Waals surface area (Å²) in [6.07, 6.45) is 0. The smallest absolute Gasteiger partial charge is 0.335 e. The number of carboxylic acids is 1. The molecule has 0 atom stereocenters. The van der Waals surface area contributed by atoms with Gasteiger partial charge >= 0.3 is 5.97 Å². The number of aromatic nitrogens is 2. The van der Waals surface area contributed by atoms with E-state index in [1.807, 2.05) is 60.0 Å². The van der Waals surface area contributed by atoms with E-state index in [4.69, 9.17) is 11.6 Å². The number of carboxylic acid groups (broad SMARTS) is 1. The topological polar surface area (TPSA) is 55.1 Å². The van der Waals surface area contributed by atoms with Crippen molar-refractivity contribution in [2.75, 3.05) is 0 Å². The molecule has 0 saturated carbocycles. The summed E-state index contributed by atoms with van der Waals surface area (Å²) in [5.41, 5.74) is 4.94. The van der Waals surface area contributed by atoms with Crippen LogP contribution in [0.3, 0.4) is 0 Å². The Hall–Kier alpha value is -3.11. The van der Waals surface area contributed by atoms with E-state index in [0.29, 0.717) is 11.6 Å². The first-order valence-electron chi connectivity index (χ1n) is 8.57. The molecule has 0 spiro atoms. The zero-order chi connectivity index (χ0) is 19.0. The molecule has 1 N–H and O–H groups in total. The molecule has 3 aromatic carbocycles. The van der Waals surface area contributed by atoms with Crippen molar-refractivity contribution in [1.29, 1.82) is 0 Å². The Bertz CT molecular complexity index is 1150. The van der Waals surface area contributed by atoms with E-state index in [0.717, 1.165) is 33.5 Å². The number of nitrogens with zero attached hydrogens (tertiary/aromatic N) is 2. The summed E-state index contributed by atoms with van der Waals surface area (Å²) in [7, 11) is 0. The lowest BCUT2D eigenvalue weighted by Crippen LogP contribution is -2.04. The van der Waals surface area contributed by atoms with E-state index in [-0.39, 0.29) is 5.56 Å². The maximum absolute atomic E-state index is 11.3. The number of carbonyl (C=O) groups is 1. The summed E-state index contributed by atoms with van der Waals surface area (Å²) in [6, 6.07) is 21.1. The third kappa shape index (κ3) is 3.32. The third-order valence-corrected chi connectivity index (χ3v) is 5.03. The minimum Gasteiger partial charge on any atom is -0.478 e. The molecule has 0 bridgehead atoms. The molecule has 134 valence electrons. The first kappa shape index (κ1) is 17.3. The van der Waals surface area contributed by atoms with Gasteiger partial charge in [0.1, 0.15) is 5.82 Å². The van der Waals surface area contributed by atoms with Crippen molar-refractivity contribution in [3.63, 3.8) is 0 Å². The minimum absolute atomic E-state index is 0.245. The number of halogens is 1. The van der Waals surface area contributed by atoms with Crippen LogP contribution in [-0.2, 0) is 6.54 Å². The quantitative estimate of drug-likeness (QED) is 0.518. The molecule has 0 unspecified atom stereocenters. The molecule has 5 heteroatoms. The summed E-state index contributed by atoms with van der Waals surface area (Å²) in [6.45, 7) is 2.44. The Morgan fingerprint density at radius 2 is 1.81 bits per heavy atom. The highest BCUT2D eigenvalue weighted by Gasteiger charge is 2.13. The first-order chi connectivity index (χ1) is 13.0. The predicted molar refractivity (Wildman–Crippen MR) is 107 cm³/mol. The van der Waals surface area contributed by atoms with Crippen LogP contribution in [-0.4, -0.2) is 20.6 Å². The van der Waals surface area contributed by atoms with Crippen molar-refractivity contribution in [2.45, 2.75) is 13.5 Å². The van der Waals surface area contributed by atoms with Crippen LogP contribution in [0.15, 0.2) is 66.7 Å². The van der Waals surface area contributed by atoms with Gasteiger partial charge in [0.05, 0.1) is 23.1 Å². The number of aromatic carboxylic acids is 1. The first-order valence-corrected chi connectivity index (χ1v) is 8.95. The molecule has 0 fully saturated rings. The Morgan fingerprint density at radius 1 is 1.04 bits per heavy atom. The van der Waals surface area contributed by atoms with Gasteiger partial charge in [-0.15, -0.1) is 0 Å². The van der Waals surface area contributed by atoms with Crippen molar-refractivity contribution < 1.29 is 9.90 Å². The van der Waals surface area contributed by atoms with E-state index >= 15 is 0 Å². The number of imidazole rings is 1. The summed E-state index contributed by atoms with van der Waals surface area (Å²) < 4.78 is 1.99. The largest absolute Gasteiger partial charge is 0.478 e. The summed E-state index contributed by atoms with van der Waals surface area (Å²) in [5.74, 6) is -0.136. The van der Waals surface area contributed by atoms with E-state index in [2.05, 4.69) is 4.98 Å². The van der Waals surface area contributed by atoms with Crippen molar-refractivity contribution in [1.82, 2.24) is 9.55 Å². The third-order valence-electron chi connectivity index (χ3n) is 4.67. The number of aryl methyl sites for hydroxylation is 1. The standard InChI is InChI=1S/C22H17ClN2O2/c1-14-24-20-10-9-17(22(26)27)12-21(20)25(14)13-18-8-7-16(11-19(18)23)15-5-3-2-4-6-15/h2-12H,13H2,1H3,(H,26,27). The molecular formula is C22H17ClN2O2. The highest BCUT2D eigenvalue weighted by atomic mass is 35.5. The highest BCUT2D eigenvalue weighted by molar-refractivity contribution is 6.31. The summed E-state index contributed by atoms with van der Waals surface area (Å²) in [5, 5.41) is 9.94. The molecule has 0 aliphatic carbocycles. The van der Waals surface area contributed by atoms with E-state index in [1.165, 1.54) is 0 Å². The maximum atomic E-state index is 11.3. The molecule has 1 aromatic heterocycles. The molecule has 0 amide bonds. The second-order valence-electron chi connectivity index (χ2n) is 6.43. The predicted octanol–water partition coefficient (Wildman–Crippen LogP) is 5.41. The molecule has 1 heterocycles. The molecule has 0 aliphatic rings. The molecule has 4 rings (SSSR count). The van der Waals surface area contributed by atoms with Gasteiger partial charge in [-0.05, 0) is 47.9 Å². The van der Waals surface area contributed by atoms with Gasteiger partial charge < -0.3 is 9.67 Å². The van der Waals surface area contributed by atoms with Crippen LogP contribution in [0.4, 0.5) is 0 Å². The Labute approximate surface area is 161 Å². The number of fused-ring (bicyclic) bond motifs is 1. The van der Waals surface area contributed by atoms with Gasteiger partial charge in [-0.1, -0.05) is 54.1 Å². The van der Waals surface area contributed by atoms with Crippen LogP contribution in [0, 0.1) is 6.92 Å². The van der Waals surface area contributed by atoms with Gasteiger partial charge in [0.15, 0.2) is 0 Å². The lowest BCUT2D eigenvalue weighted by molar-refractivity contribution is 0.0697. The van der Waals surface area contributed by atoms with Gasteiger partial charge in [0, 0.05) is 5.02 Å². The van der Waals surface area contributed by atoms with Gasteiger partial charge in [0.2, 0.25) is 0 Å². The van der Waals surface area contributed by atoms with Crippen LogP contribution in [0.1, 0.15) is 21.7 Å². The minimum atomic E-state index is -0.951. The zero-order valence-corrected chi connectivity index (χ0v) is 15.4. The van der Waals surface area contributed by atoms with Crippen LogP contribution < -0.4 is 0 Å². The van der Waals surface area contributed by atoms with Gasteiger partial charge in [0.25, 0.3) is 0 Å². The highest BCUT2D eigenvalue weighted by Crippen LogP contribution is 2.27.